The summed E-state index contributed by atoms with van der Waals surface area (Å²) in [7, 11) is 0. The number of aldehydes is 1. The quantitative estimate of drug-likeness (QED) is 0.451. The summed E-state index contributed by atoms with van der Waals surface area (Å²) < 4.78 is 0. The summed E-state index contributed by atoms with van der Waals surface area (Å²) in [4.78, 5) is 46.2. The van der Waals surface area contributed by atoms with Gasteiger partial charge in [-0.3, -0.25) is 24.1 Å². The fraction of sp³-hybridized carbons (Fsp3) is 0.294. The van der Waals surface area contributed by atoms with Crippen LogP contribution in [-0.4, -0.2) is 35.5 Å². The second kappa shape index (κ2) is 8.03. The van der Waals surface area contributed by atoms with Crippen LogP contribution in [0.1, 0.15) is 36.0 Å². The molecule has 1 N–H and O–H groups in total. The maximum atomic E-state index is 11.8. The van der Waals surface area contributed by atoms with Crippen LogP contribution in [0.2, 0.25) is 0 Å². The van der Waals surface area contributed by atoms with E-state index in [1.807, 2.05) is 0 Å². The van der Waals surface area contributed by atoms with Gasteiger partial charge in [-0.05, 0) is 37.1 Å². The minimum absolute atomic E-state index is 0.0983. The summed E-state index contributed by atoms with van der Waals surface area (Å²) in [5.41, 5.74) is 1.21. The molecule has 2 rings (SSSR count). The highest BCUT2D eigenvalue weighted by atomic mass is 16.2. The molecule has 1 aliphatic heterocycles. The minimum Gasteiger partial charge on any atom is -0.326 e. The van der Waals surface area contributed by atoms with E-state index in [9.17, 15) is 19.2 Å². The number of hydrogen-bond donors (Lipinski definition) is 1. The molecule has 1 aromatic rings. The van der Waals surface area contributed by atoms with Crippen LogP contribution in [0, 0.1) is 0 Å². The number of hydrogen-bond acceptors (Lipinski definition) is 4. The average Bonchev–Trinajstić information content (AvgIpc) is 2.87. The average molecular weight is 314 g/mol. The molecule has 0 bridgehead atoms. The van der Waals surface area contributed by atoms with Crippen LogP contribution in [0.15, 0.2) is 36.4 Å². The smallest absolute Gasteiger partial charge is 0.253 e. The van der Waals surface area contributed by atoms with E-state index < -0.39 is 0 Å². The fourth-order valence-electron chi connectivity index (χ4n) is 2.25. The first kappa shape index (κ1) is 16.6. The Hall–Kier alpha value is -2.76. The molecular weight excluding hydrogens is 296 g/mol. The summed E-state index contributed by atoms with van der Waals surface area (Å²) >= 11 is 0. The Morgan fingerprint density at radius 1 is 1.00 bits per heavy atom. The topological polar surface area (TPSA) is 83.6 Å². The SMILES string of the molecule is O=Cc1ccc(NC(=O)CCCCCN2C(=O)C=CC2=O)cc1. The third-order valence-corrected chi connectivity index (χ3v) is 3.52. The number of anilines is 1. The largest absolute Gasteiger partial charge is 0.326 e. The van der Waals surface area contributed by atoms with Gasteiger partial charge in [-0.1, -0.05) is 6.42 Å². The van der Waals surface area contributed by atoms with Crippen molar-refractivity contribution in [3.63, 3.8) is 0 Å². The zero-order chi connectivity index (χ0) is 16.7. The van der Waals surface area contributed by atoms with Crippen LogP contribution in [0.3, 0.4) is 0 Å². The molecule has 0 spiro atoms. The Bertz CT molecular complexity index is 616. The molecule has 3 amide bonds. The number of carbonyl (C=O) groups excluding carboxylic acids is 4. The first-order valence-electron chi connectivity index (χ1n) is 7.49. The van der Waals surface area contributed by atoms with E-state index in [4.69, 9.17) is 0 Å². The van der Waals surface area contributed by atoms with Crippen molar-refractivity contribution in [2.24, 2.45) is 0 Å². The van der Waals surface area contributed by atoms with Gasteiger partial charge in [0.25, 0.3) is 11.8 Å². The van der Waals surface area contributed by atoms with Gasteiger partial charge in [0.2, 0.25) is 5.91 Å². The lowest BCUT2D eigenvalue weighted by Crippen LogP contribution is -2.30. The molecule has 1 heterocycles. The molecule has 0 saturated heterocycles. The van der Waals surface area contributed by atoms with Crippen LogP contribution in [0.5, 0.6) is 0 Å². The highest BCUT2D eigenvalue weighted by Gasteiger charge is 2.22. The van der Waals surface area contributed by atoms with E-state index in [0.717, 1.165) is 12.7 Å². The third kappa shape index (κ3) is 4.88. The highest BCUT2D eigenvalue weighted by Crippen LogP contribution is 2.11. The van der Waals surface area contributed by atoms with Crippen LogP contribution in [0.4, 0.5) is 5.69 Å². The van der Waals surface area contributed by atoms with E-state index in [1.165, 1.54) is 17.1 Å². The van der Waals surface area contributed by atoms with Crippen molar-refractivity contribution in [3.05, 3.63) is 42.0 Å². The number of nitrogens with zero attached hydrogens (tertiary/aromatic N) is 1. The lowest BCUT2D eigenvalue weighted by molar-refractivity contribution is -0.136. The van der Waals surface area contributed by atoms with Crippen molar-refractivity contribution < 1.29 is 19.2 Å². The minimum atomic E-state index is -0.272. The van der Waals surface area contributed by atoms with Crippen molar-refractivity contribution in [2.45, 2.75) is 25.7 Å². The van der Waals surface area contributed by atoms with Gasteiger partial charge in [0.15, 0.2) is 0 Å². The normalized spacial score (nSPS) is 13.5. The van der Waals surface area contributed by atoms with E-state index in [1.54, 1.807) is 24.3 Å². The van der Waals surface area contributed by atoms with Crippen LogP contribution >= 0.6 is 0 Å². The summed E-state index contributed by atoms with van der Waals surface area (Å²) in [5.74, 6) is -0.642. The number of imide groups is 1. The predicted molar refractivity (Wildman–Crippen MR) is 84.8 cm³/mol. The monoisotopic (exact) mass is 314 g/mol. The molecule has 0 radical (unpaired) electrons. The van der Waals surface area contributed by atoms with Gasteiger partial charge >= 0.3 is 0 Å². The van der Waals surface area contributed by atoms with Gasteiger partial charge in [-0.15, -0.1) is 0 Å². The standard InChI is InChI=1S/C17H18N2O4/c20-12-13-5-7-14(8-6-13)18-15(21)4-2-1-3-11-19-16(22)9-10-17(19)23/h5-10,12H,1-4,11H2,(H,18,21). The first-order chi connectivity index (χ1) is 11.1. The molecule has 120 valence electrons. The van der Waals surface area contributed by atoms with Gasteiger partial charge in [0.1, 0.15) is 6.29 Å². The van der Waals surface area contributed by atoms with Crippen molar-refractivity contribution >= 4 is 29.7 Å². The lowest BCUT2D eigenvalue weighted by atomic mass is 10.1. The fourth-order valence-corrected chi connectivity index (χ4v) is 2.25. The van der Waals surface area contributed by atoms with E-state index in [0.29, 0.717) is 37.1 Å². The van der Waals surface area contributed by atoms with E-state index in [-0.39, 0.29) is 17.7 Å². The lowest BCUT2D eigenvalue weighted by Gasteiger charge is -2.13. The predicted octanol–water partition coefficient (Wildman–Crippen LogP) is 1.92. The van der Waals surface area contributed by atoms with Crippen LogP contribution in [0.25, 0.3) is 0 Å². The van der Waals surface area contributed by atoms with E-state index in [2.05, 4.69) is 5.32 Å². The Labute approximate surface area is 134 Å². The molecule has 1 aliphatic rings. The molecule has 23 heavy (non-hydrogen) atoms. The summed E-state index contributed by atoms with van der Waals surface area (Å²) in [6.45, 7) is 0.388. The van der Waals surface area contributed by atoms with Gasteiger partial charge < -0.3 is 5.32 Å². The molecule has 0 atom stereocenters. The maximum absolute atomic E-state index is 11.8. The molecule has 0 aliphatic carbocycles. The number of benzene rings is 1. The molecule has 0 aromatic heterocycles. The second-order valence-electron chi connectivity index (χ2n) is 5.26. The Morgan fingerprint density at radius 3 is 2.26 bits per heavy atom. The van der Waals surface area contributed by atoms with Crippen molar-refractivity contribution in [2.75, 3.05) is 11.9 Å². The molecule has 0 unspecified atom stereocenters. The summed E-state index contributed by atoms with van der Waals surface area (Å²) in [6.07, 6.45) is 5.78. The first-order valence-corrected chi connectivity index (χ1v) is 7.49. The van der Waals surface area contributed by atoms with E-state index >= 15 is 0 Å². The van der Waals surface area contributed by atoms with Gasteiger partial charge in [0.05, 0.1) is 0 Å². The Morgan fingerprint density at radius 2 is 1.65 bits per heavy atom. The van der Waals surface area contributed by atoms with Crippen molar-refractivity contribution in [3.8, 4) is 0 Å². The van der Waals surface area contributed by atoms with Crippen molar-refractivity contribution in [1.82, 2.24) is 4.90 Å². The number of carbonyl (C=O) groups is 4. The zero-order valence-electron chi connectivity index (χ0n) is 12.7. The maximum Gasteiger partial charge on any atom is 0.253 e. The molecule has 0 saturated carbocycles. The Kier molecular flexibility index (Phi) is 5.80. The molecule has 1 aromatic carbocycles. The summed E-state index contributed by atoms with van der Waals surface area (Å²) in [6, 6.07) is 6.64. The molecule has 6 nitrogen and oxygen atoms in total. The van der Waals surface area contributed by atoms with Gasteiger partial charge in [-0.2, -0.15) is 0 Å². The second-order valence-corrected chi connectivity index (χ2v) is 5.26. The van der Waals surface area contributed by atoms with Gasteiger partial charge in [-0.25, -0.2) is 0 Å². The third-order valence-electron chi connectivity index (χ3n) is 3.52. The zero-order valence-corrected chi connectivity index (χ0v) is 12.7. The van der Waals surface area contributed by atoms with Crippen LogP contribution in [-0.2, 0) is 14.4 Å². The molecular formula is C17H18N2O4. The highest BCUT2D eigenvalue weighted by molar-refractivity contribution is 6.12. The Balaban J connectivity index is 1.62. The number of rotatable bonds is 8. The number of nitrogens with one attached hydrogen (secondary N) is 1. The number of unbranched alkanes of at least 4 members (excludes halogenated alkanes) is 2. The summed E-state index contributed by atoms with van der Waals surface area (Å²) in [5, 5.41) is 2.76. The van der Waals surface area contributed by atoms with Gasteiger partial charge in [0, 0.05) is 36.4 Å². The van der Waals surface area contributed by atoms with Crippen LogP contribution < -0.4 is 5.32 Å². The number of amides is 3. The van der Waals surface area contributed by atoms with Crippen molar-refractivity contribution in [1.29, 1.82) is 0 Å². The molecule has 0 fully saturated rings. The molecule has 6 heteroatoms.